The second-order valence-corrected chi connectivity index (χ2v) is 14.3. The molecule has 3 aromatic carbocycles. The van der Waals surface area contributed by atoms with E-state index in [-0.39, 0.29) is 32.8 Å². The number of carbonyl (C=O) groups excluding carboxylic acids is 1. The van der Waals surface area contributed by atoms with Crippen LogP contribution in [0.25, 0.3) is 11.1 Å². The number of nitro groups is 2. The Balaban J connectivity index is 0.000000266. The van der Waals surface area contributed by atoms with Crippen molar-refractivity contribution in [1.29, 1.82) is 5.26 Å². The smallest absolute Gasteiger partial charge is 0.420 e. The third-order valence-electron chi connectivity index (χ3n) is 9.51. The monoisotopic (exact) mass is 819 g/mol. The molecule has 1 atom stereocenters. The Morgan fingerprint density at radius 2 is 1.62 bits per heavy atom. The molecule has 0 saturated carbocycles. The third-order valence-corrected chi connectivity index (χ3v) is 10.4. The Morgan fingerprint density at radius 3 is 2.21 bits per heavy atom. The molecule has 308 valence electrons. The van der Waals surface area contributed by atoms with Crippen LogP contribution in [-0.4, -0.2) is 78.8 Å². The number of hydrogen-bond acceptors (Lipinski definition) is 15. The summed E-state index contributed by atoms with van der Waals surface area (Å²) >= 11 is 0.667. The van der Waals surface area contributed by atoms with Gasteiger partial charge in [0.25, 0.3) is 5.69 Å². The highest BCUT2D eigenvalue weighted by molar-refractivity contribution is 7.18. The van der Waals surface area contributed by atoms with Gasteiger partial charge in [0.2, 0.25) is 5.91 Å². The minimum Gasteiger partial charge on any atom is -0.493 e. The van der Waals surface area contributed by atoms with Crippen molar-refractivity contribution in [3.8, 4) is 29.1 Å². The second-order valence-electron chi connectivity index (χ2n) is 13.3. The first kappa shape index (κ1) is 44.2. The molecule has 0 aliphatic heterocycles. The molecule has 0 spiro atoms. The maximum absolute atomic E-state index is 12.0. The molecule has 2 aromatic heterocycles. The molecule has 0 saturated heterocycles. The predicted molar refractivity (Wildman–Crippen MR) is 216 cm³/mol. The number of hydrogen-bond donors (Lipinski definition) is 1. The summed E-state index contributed by atoms with van der Waals surface area (Å²) in [5, 5.41) is 33.6. The minimum absolute atomic E-state index is 0.00758. The standard InChI is InChI=1S/C27H38N2O4.C12H7N5O7S/c1-20(2)27(19-28,22-10-12-24(31-5)26(18-22)33-7)14-8-15-29(3)16-13-21-9-11-23(30-4)25(17-21)32-6;18-9(14-11-13-4-10(25-11)17(22)23)5-15-7-2-1-6(16(20)21)3-8(7)24-12(15)19/h9-12,17-18,20H,8,13-16H2,1-7H3;1-4H,5H2,(H,13,14,18). The molecule has 0 bridgehead atoms. The third kappa shape index (κ3) is 10.7. The Morgan fingerprint density at radius 1 is 0.966 bits per heavy atom. The van der Waals surface area contributed by atoms with E-state index >= 15 is 0 Å². The number of non-ortho nitro benzene ring substituents is 1. The summed E-state index contributed by atoms with van der Waals surface area (Å²) in [6.07, 6.45) is 3.61. The summed E-state index contributed by atoms with van der Waals surface area (Å²) in [7, 11) is 8.67. The second kappa shape index (κ2) is 20.1. The van der Waals surface area contributed by atoms with Gasteiger partial charge in [-0.2, -0.15) is 5.26 Å². The van der Waals surface area contributed by atoms with E-state index in [4.69, 9.17) is 23.4 Å². The van der Waals surface area contributed by atoms with Crippen LogP contribution < -0.4 is 30.0 Å². The molecule has 1 unspecified atom stereocenters. The summed E-state index contributed by atoms with van der Waals surface area (Å²) in [5.41, 5.74) is 1.52. The number of nitrogens with zero attached hydrogens (tertiary/aromatic N) is 6. The molecule has 1 N–H and O–H groups in total. The highest BCUT2D eigenvalue weighted by Gasteiger charge is 2.36. The summed E-state index contributed by atoms with van der Waals surface area (Å²) in [6.45, 7) is 5.61. The average molecular weight is 820 g/mol. The van der Waals surface area contributed by atoms with E-state index in [2.05, 4.69) is 48.2 Å². The number of likely N-dealkylation sites (N-methyl/N-ethyl adjacent to an activating group) is 1. The fourth-order valence-corrected chi connectivity index (χ4v) is 6.90. The van der Waals surface area contributed by atoms with Crippen molar-refractivity contribution in [1.82, 2.24) is 14.5 Å². The number of nitrogens with one attached hydrogen (secondary N) is 1. The van der Waals surface area contributed by atoms with E-state index in [0.717, 1.165) is 66.2 Å². The normalized spacial score (nSPS) is 11.9. The van der Waals surface area contributed by atoms with Gasteiger partial charge in [0.1, 0.15) is 12.7 Å². The van der Waals surface area contributed by atoms with Gasteiger partial charge in [0.15, 0.2) is 33.7 Å². The highest BCUT2D eigenvalue weighted by atomic mass is 32.1. The number of carbonyl (C=O) groups is 1. The molecular formula is C39H45N7O11S. The summed E-state index contributed by atoms with van der Waals surface area (Å²) in [4.78, 5) is 49.9. The molecule has 0 aliphatic rings. The van der Waals surface area contributed by atoms with Crippen molar-refractivity contribution in [3.05, 3.63) is 103 Å². The van der Waals surface area contributed by atoms with Crippen molar-refractivity contribution >= 4 is 44.2 Å². The first-order valence-electron chi connectivity index (χ1n) is 17.9. The molecule has 5 aromatic rings. The zero-order valence-electron chi connectivity index (χ0n) is 33.2. The number of fused-ring (bicyclic) bond motifs is 1. The van der Waals surface area contributed by atoms with Gasteiger partial charge in [-0.25, -0.2) is 9.78 Å². The van der Waals surface area contributed by atoms with E-state index in [0.29, 0.717) is 22.8 Å². The molecule has 0 radical (unpaired) electrons. The van der Waals surface area contributed by atoms with E-state index in [1.807, 2.05) is 30.3 Å². The Bertz CT molecular complexity index is 2330. The van der Waals surface area contributed by atoms with Gasteiger partial charge in [-0.1, -0.05) is 26.0 Å². The van der Waals surface area contributed by atoms with Gasteiger partial charge in [-0.15, -0.1) is 0 Å². The van der Waals surface area contributed by atoms with E-state index in [1.54, 1.807) is 28.4 Å². The Kier molecular flexibility index (Phi) is 15.3. The molecular weight excluding hydrogens is 775 g/mol. The van der Waals surface area contributed by atoms with Gasteiger partial charge >= 0.3 is 10.8 Å². The topological polar surface area (TPSA) is 227 Å². The molecule has 5 rings (SSSR count). The first-order valence-corrected chi connectivity index (χ1v) is 18.7. The van der Waals surface area contributed by atoms with Crippen molar-refractivity contribution in [2.24, 2.45) is 5.92 Å². The van der Waals surface area contributed by atoms with Crippen molar-refractivity contribution in [3.63, 3.8) is 0 Å². The highest BCUT2D eigenvalue weighted by Crippen LogP contribution is 2.40. The van der Waals surface area contributed by atoms with Gasteiger partial charge in [0, 0.05) is 12.6 Å². The number of nitriles is 1. The minimum atomic E-state index is -0.865. The lowest BCUT2D eigenvalue weighted by Crippen LogP contribution is -2.32. The zero-order valence-corrected chi connectivity index (χ0v) is 34.0. The van der Waals surface area contributed by atoms with Crippen LogP contribution in [0.5, 0.6) is 23.0 Å². The number of methoxy groups -OCH3 is 4. The van der Waals surface area contributed by atoms with Crippen molar-refractivity contribution in [2.45, 2.75) is 45.1 Å². The maximum atomic E-state index is 12.0. The molecule has 0 fully saturated rings. The molecule has 2 heterocycles. The molecule has 0 aliphatic carbocycles. The Labute approximate surface area is 337 Å². The lowest BCUT2D eigenvalue weighted by molar-refractivity contribution is -0.384. The largest absolute Gasteiger partial charge is 0.493 e. The number of nitro benzene ring substituents is 1. The number of oxazole rings is 1. The summed E-state index contributed by atoms with van der Waals surface area (Å²) in [5.74, 6) is 1.46. The van der Waals surface area contributed by atoms with Gasteiger partial charge in [-0.05, 0) is 91.6 Å². The van der Waals surface area contributed by atoms with E-state index in [9.17, 15) is 35.1 Å². The lowest BCUT2D eigenvalue weighted by Gasteiger charge is -2.32. The van der Waals surface area contributed by atoms with Crippen LogP contribution in [0.3, 0.4) is 0 Å². The van der Waals surface area contributed by atoms with Crippen molar-refractivity contribution < 1.29 is 38.0 Å². The number of ether oxygens (including phenoxy) is 4. The van der Waals surface area contributed by atoms with Crippen LogP contribution in [0.4, 0.5) is 15.8 Å². The van der Waals surface area contributed by atoms with Gasteiger partial charge in [-0.3, -0.25) is 29.6 Å². The Hall–Kier alpha value is -6.52. The van der Waals surface area contributed by atoms with Crippen LogP contribution in [-0.2, 0) is 23.2 Å². The van der Waals surface area contributed by atoms with Crippen LogP contribution >= 0.6 is 11.3 Å². The molecule has 1 amide bonds. The molecule has 19 heteroatoms. The molecule has 18 nitrogen and oxygen atoms in total. The number of rotatable bonds is 18. The number of anilines is 1. The number of aromatic nitrogens is 2. The fourth-order valence-electron chi connectivity index (χ4n) is 6.25. The number of benzene rings is 3. The van der Waals surface area contributed by atoms with E-state index in [1.165, 1.54) is 17.7 Å². The van der Waals surface area contributed by atoms with Crippen molar-refractivity contribution in [2.75, 3.05) is 53.9 Å². The van der Waals surface area contributed by atoms with E-state index < -0.39 is 33.5 Å². The van der Waals surface area contributed by atoms with Gasteiger partial charge < -0.3 is 33.6 Å². The molecule has 58 heavy (non-hydrogen) atoms. The van der Waals surface area contributed by atoms with Crippen LogP contribution in [0, 0.1) is 37.5 Å². The zero-order chi connectivity index (χ0) is 42.6. The van der Waals surface area contributed by atoms with Gasteiger partial charge in [0.05, 0.1) is 61.4 Å². The quantitative estimate of drug-likeness (QED) is 0.0726. The maximum Gasteiger partial charge on any atom is 0.420 e. The average Bonchev–Trinajstić information content (AvgIpc) is 3.81. The lowest BCUT2D eigenvalue weighted by atomic mass is 9.69. The number of amides is 1. The summed E-state index contributed by atoms with van der Waals surface area (Å²) < 4.78 is 27.5. The predicted octanol–water partition coefficient (Wildman–Crippen LogP) is 6.60. The van der Waals surface area contributed by atoms with Crippen LogP contribution in [0.1, 0.15) is 37.8 Å². The SMILES string of the molecule is COc1ccc(CCN(C)CCCC(C#N)(c2ccc(OC)c(OC)c2)C(C)C)cc1OC.O=C(Cn1c(=O)oc2cc([N+](=O)[O-])ccc21)Nc1ncc([N+](=O)[O-])s1. The van der Waals surface area contributed by atoms with Crippen LogP contribution in [0.15, 0.2) is 70.0 Å². The summed E-state index contributed by atoms with van der Waals surface area (Å²) in [6, 6.07) is 18.1. The first-order chi connectivity index (χ1) is 27.7. The fraction of sp³-hybridized carbons (Fsp3) is 0.385. The number of thiazole rings is 1. The van der Waals surface area contributed by atoms with Crippen LogP contribution in [0.2, 0.25) is 0 Å².